The molecule has 6 rings (SSSR count). The number of amides is 1. The van der Waals surface area contributed by atoms with Crippen LogP contribution in [0.4, 0.5) is 16.3 Å². The van der Waals surface area contributed by atoms with Gasteiger partial charge in [0.2, 0.25) is 6.79 Å². The van der Waals surface area contributed by atoms with Crippen molar-refractivity contribution in [3.8, 4) is 23.0 Å². The van der Waals surface area contributed by atoms with Crippen molar-refractivity contribution in [3.05, 3.63) is 36.2 Å². The van der Waals surface area contributed by atoms with E-state index in [2.05, 4.69) is 25.1 Å². The highest BCUT2D eigenvalue weighted by molar-refractivity contribution is 7.91. The number of nitrogens with zero attached hydrogens (tertiary/aromatic N) is 5. The lowest BCUT2D eigenvalue weighted by Crippen LogP contribution is -2.41. The highest BCUT2D eigenvalue weighted by atomic mass is 32.2. The van der Waals surface area contributed by atoms with Crippen LogP contribution in [0, 0.1) is 0 Å². The van der Waals surface area contributed by atoms with Crippen LogP contribution in [0.5, 0.6) is 23.0 Å². The van der Waals surface area contributed by atoms with E-state index in [0.717, 1.165) is 42.7 Å². The Morgan fingerprint density at radius 2 is 1.82 bits per heavy atom. The summed E-state index contributed by atoms with van der Waals surface area (Å²) in [7, 11) is -0.991. The molecule has 1 N–H and O–H groups in total. The lowest BCUT2D eigenvalue weighted by atomic mass is 10.1. The number of carbonyl (C=O) groups excluding carboxylic acids is 1. The number of anilines is 2. The minimum absolute atomic E-state index is 0.121. The van der Waals surface area contributed by atoms with E-state index in [0.29, 0.717) is 93.0 Å². The molecule has 14 nitrogen and oxygen atoms in total. The van der Waals surface area contributed by atoms with Gasteiger partial charge >= 0.3 is 6.09 Å². The van der Waals surface area contributed by atoms with Crippen LogP contribution in [0.1, 0.15) is 52.0 Å². The smallest absolute Gasteiger partial charge is 0.410 e. The third-order valence-corrected chi connectivity index (χ3v) is 10.9. The zero-order chi connectivity index (χ0) is 36.2. The molecule has 0 unspecified atom stereocenters. The number of benzene rings is 2. The molecule has 1 aromatic heterocycles. The summed E-state index contributed by atoms with van der Waals surface area (Å²) in [4.78, 5) is 28.6. The van der Waals surface area contributed by atoms with E-state index in [1.54, 1.807) is 4.90 Å². The first-order valence-electron chi connectivity index (χ1n) is 17.6. The normalized spacial score (nSPS) is 18.3. The zero-order valence-corrected chi connectivity index (χ0v) is 31.1. The van der Waals surface area contributed by atoms with Gasteiger partial charge in [0.05, 0.1) is 29.7 Å². The van der Waals surface area contributed by atoms with Crippen LogP contribution in [0.3, 0.4) is 0 Å². The molecule has 1 fully saturated rings. The Morgan fingerprint density at radius 1 is 1.02 bits per heavy atom. The van der Waals surface area contributed by atoms with Crippen molar-refractivity contribution < 1.29 is 36.9 Å². The predicted octanol–water partition coefficient (Wildman–Crippen LogP) is 4.83. The fourth-order valence-electron chi connectivity index (χ4n) is 6.54. The maximum absolute atomic E-state index is 13.2. The summed E-state index contributed by atoms with van der Waals surface area (Å²) in [6.45, 7) is 10.9. The number of piperidine rings is 1. The summed E-state index contributed by atoms with van der Waals surface area (Å²) in [6.07, 6.45) is 5.15. The fraction of sp³-hybridized carbons (Fsp3) is 0.583. The Hall–Kier alpha value is -4.08. The highest BCUT2D eigenvalue weighted by Gasteiger charge is 2.27. The monoisotopic (exact) mass is 726 g/mol. The molecule has 278 valence electrons. The molecular formula is C36H50N6O8S. The first-order chi connectivity index (χ1) is 24.3. The van der Waals surface area contributed by atoms with Gasteiger partial charge in [-0.15, -0.1) is 0 Å². The minimum atomic E-state index is -3.01. The Morgan fingerprint density at radius 3 is 2.59 bits per heavy atom. The summed E-state index contributed by atoms with van der Waals surface area (Å²) >= 11 is 0. The number of likely N-dealkylation sites (tertiary alicyclic amines) is 1. The molecule has 3 aliphatic rings. The summed E-state index contributed by atoms with van der Waals surface area (Å²) in [6, 6.07) is 7.69. The summed E-state index contributed by atoms with van der Waals surface area (Å²) in [5.41, 5.74) is 1.78. The topological polar surface area (TPSA) is 145 Å². The largest absolute Gasteiger partial charge is 0.490 e. The van der Waals surface area contributed by atoms with E-state index in [4.69, 9.17) is 23.7 Å². The SMILES string of the molecule is CN1CCN(C(=O)OC(C)(C)C)CCCOc2cc3c(ncnc3cc2OCCCN2CCC(S(C)(=O)=O)CC2)Nc2c(ccc3c2OCO3)C1. The molecule has 15 heteroatoms. The van der Waals surface area contributed by atoms with E-state index in [9.17, 15) is 13.2 Å². The third kappa shape index (κ3) is 9.43. The van der Waals surface area contributed by atoms with Crippen molar-refractivity contribution in [2.75, 3.05) is 77.9 Å². The molecular weight excluding hydrogens is 676 g/mol. The van der Waals surface area contributed by atoms with Gasteiger partial charge in [-0.1, -0.05) is 6.07 Å². The van der Waals surface area contributed by atoms with E-state index in [-0.39, 0.29) is 18.1 Å². The van der Waals surface area contributed by atoms with Gasteiger partial charge in [0, 0.05) is 50.4 Å². The van der Waals surface area contributed by atoms with Crippen LogP contribution in [-0.2, 0) is 21.1 Å². The number of carbonyl (C=O) groups is 1. The van der Waals surface area contributed by atoms with Gasteiger partial charge < -0.3 is 43.7 Å². The van der Waals surface area contributed by atoms with Crippen molar-refractivity contribution in [2.24, 2.45) is 0 Å². The second kappa shape index (κ2) is 15.7. The van der Waals surface area contributed by atoms with Crippen LogP contribution in [0.2, 0.25) is 0 Å². The lowest BCUT2D eigenvalue weighted by molar-refractivity contribution is 0.0227. The van der Waals surface area contributed by atoms with Gasteiger partial charge in [-0.05, 0) is 84.3 Å². The molecule has 2 aromatic carbocycles. The molecule has 4 heterocycles. The van der Waals surface area contributed by atoms with Gasteiger partial charge in [-0.2, -0.15) is 0 Å². The molecule has 1 saturated heterocycles. The number of likely N-dealkylation sites (N-methyl/N-ethyl adjacent to an activating group) is 1. The first kappa shape index (κ1) is 36.7. The standard InChI is InChI=1S/C36H50N6O8S/c1-36(2,3)50-35(43)42-13-7-19-46-30-20-27-28(21-31(30)47-18-6-12-41-14-10-26(11-15-41)51(5,44)45)37-23-38-34(27)39-32-25(22-40(4)16-17-42)8-9-29-33(32)49-24-48-29/h8-9,20-21,23,26H,6-7,10-19,22,24H2,1-5H3,(H,37,38,39). The average molecular weight is 727 g/mol. The molecule has 2 bridgehead atoms. The molecule has 3 aromatic rings. The summed E-state index contributed by atoms with van der Waals surface area (Å²) in [5, 5.41) is 4.02. The van der Waals surface area contributed by atoms with Crippen molar-refractivity contribution in [2.45, 2.75) is 63.9 Å². The third-order valence-electron chi connectivity index (χ3n) is 9.26. The Balaban J connectivity index is 1.25. The van der Waals surface area contributed by atoms with Gasteiger partial charge in [0.1, 0.15) is 27.6 Å². The maximum Gasteiger partial charge on any atom is 0.410 e. The van der Waals surface area contributed by atoms with Gasteiger partial charge in [-0.3, -0.25) is 0 Å². The van der Waals surface area contributed by atoms with Crippen molar-refractivity contribution >= 4 is 38.3 Å². The predicted molar refractivity (Wildman–Crippen MR) is 194 cm³/mol. The van der Waals surface area contributed by atoms with Crippen LogP contribution >= 0.6 is 0 Å². The molecule has 1 amide bonds. The first-order valence-corrected chi connectivity index (χ1v) is 19.6. The number of sulfone groups is 1. The van der Waals surface area contributed by atoms with Crippen molar-refractivity contribution in [1.82, 2.24) is 24.7 Å². The minimum Gasteiger partial charge on any atom is -0.490 e. The molecule has 0 aliphatic carbocycles. The molecule has 0 spiro atoms. The second-order valence-electron chi connectivity index (χ2n) is 14.5. The molecule has 0 saturated carbocycles. The van der Waals surface area contributed by atoms with Gasteiger partial charge in [0.15, 0.2) is 23.0 Å². The van der Waals surface area contributed by atoms with Gasteiger partial charge in [0.25, 0.3) is 0 Å². The van der Waals surface area contributed by atoms with Crippen LogP contribution in [0.15, 0.2) is 30.6 Å². The Kier molecular flexibility index (Phi) is 11.3. The van der Waals surface area contributed by atoms with Gasteiger partial charge in [-0.25, -0.2) is 23.2 Å². The molecule has 3 aliphatic heterocycles. The Bertz CT molecular complexity index is 1810. The number of rotatable bonds is 6. The summed E-state index contributed by atoms with van der Waals surface area (Å²) < 4.78 is 54.0. The second-order valence-corrected chi connectivity index (χ2v) is 16.8. The van der Waals surface area contributed by atoms with Crippen molar-refractivity contribution in [1.29, 1.82) is 0 Å². The maximum atomic E-state index is 13.2. The number of hydrogen-bond acceptors (Lipinski definition) is 13. The van der Waals surface area contributed by atoms with E-state index >= 15 is 0 Å². The highest BCUT2D eigenvalue weighted by Crippen LogP contribution is 2.44. The molecule has 0 atom stereocenters. The molecule has 0 radical (unpaired) electrons. The van der Waals surface area contributed by atoms with E-state index in [1.807, 2.05) is 52.1 Å². The quantitative estimate of drug-likeness (QED) is 0.347. The number of ether oxygens (including phenoxy) is 5. The van der Waals surface area contributed by atoms with Crippen LogP contribution in [0.25, 0.3) is 10.9 Å². The van der Waals surface area contributed by atoms with Crippen LogP contribution < -0.4 is 24.3 Å². The fourth-order valence-corrected chi connectivity index (χ4v) is 7.61. The zero-order valence-electron chi connectivity index (χ0n) is 30.3. The number of aromatic nitrogens is 2. The van der Waals surface area contributed by atoms with E-state index < -0.39 is 15.4 Å². The van der Waals surface area contributed by atoms with Crippen molar-refractivity contribution in [3.63, 3.8) is 0 Å². The number of nitrogens with one attached hydrogen (secondary N) is 1. The number of hydrogen-bond donors (Lipinski definition) is 1. The summed E-state index contributed by atoms with van der Waals surface area (Å²) in [5.74, 6) is 2.95. The van der Waals surface area contributed by atoms with Crippen LogP contribution in [-0.4, -0.2) is 123 Å². The Labute approximate surface area is 300 Å². The van der Waals surface area contributed by atoms with E-state index in [1.165, 1.54) is 12.6 Å². The lowest BCUT2D eigenvalue weighted by Gasteiger charge is -2.30. The number of fused-ring (bicyclic) bond motifs is 4. The molecule has 51 heavy (non-hydrogen) atoms. The average Bonchev–Trinajstić information content (AvgIpc) is 3.55.